The van der Waals surface area contributed by atoms with Crippen LogP contribution in [-0.4, -0.2) is 87.5 Å². The third-order valence-corrected chi connectivity index (χ3v) is 15.0. The third-order valence-electron chi connectivity index (χ3n) is 13.6. The number of ether oxygens (including phenoxy) is 3. The summed E-state index contributed by atoms with van der Waals surface area (Å²) in [6, 6.07) is 14.8. The van der Waals surface area contributed by atoms with Gasteiger partial charge in [-0.1, -0.05) is 70.9 Å². The van der Waals surface area contributed by atoms with Crippen LogP contribution in [-0.2, 0) is 20.7 Å². The number of ketones is 1. The number of phenolic OH excluding ortho intramolecular Hbond substituents is 1. The van der Waals surface area contributed by atoms with Gasteiger partial charge in [-0.2, -0.15) is 0 Å². The van der Waals surface area contributed by atoms with Gasteiger partial charge in [-0.3, -0.25) is 4.79 Å². The molecular weight excluding hydrogens is 900 g/mol. The number of anilines is 2. The number of fused-ring (bicyclic) bond motifs is 4. The number of carboxylic acids is 2. The summed E-state index contributed by atoms with van der Waals surface area (Å²) in [7, 11) is 4.23. The Morgan fingerprint density at radius 1 is 0.941 bits per heavy atom. The molecule has 1 spiro atoms. The van der Waals surface area contributed by atoms with Crippen LogP contribution in [0.25, 0.3) is 6.08 Å². The maximum atomic E-state index is 14.7. The zero-order chi connectivity index (χ0) is 49.5. The number of halogens is 1. The number of Topliss-reactive ketones (excluding diaryl/α,β-unsaturated/α-hetero) is 1. The minimum absolute atomic E-state index is 0.0407. The zero-order valence-corrected chi connectivity index (χ0v) is 42.5. The van der Waals surface area contributed by atoms with Crippen LogP contribution in [0, 0.1) is 5.92 Å². The normalized spacial score (nSPS) is 23.7. The molecule has 8 rings (SSSR count). The molecule has 362 valence electrons. The molecule has 0 saturated carbocycles. The number of rotatable bonds is 13. The lowest BCUT2D eigenvalue weighted by Gasteiger charge is -2.50. The smallest absolute Gasteiger partial charge is 0.340 e. The maximum Gasteiger partial charge on any atom is 0.340 e. The first kappa shape index (κ1) is 50.6. The number of phenols is 1. The molecule has 0 aromatic heterocycles. The molecular formula is C55H65ClN2O9S. The number of nitrogens with zero attached hydrogens (tertiary/aromatic N) is 2. The number of hydrogen-bond acceptors (Lipinski definition) is 10. The van der Waals surface area contributed by atoms with Crippen LogP contribution in [0.1, 0.15) is 115 Å². The SMILES string of the molecule is CC(C)=CCCC1(C)C=Cc2c(O)c3c(c(CC=C(C)C)c2O1)OC12C(=CCCC1C(C)(C)OC2(CC=C(C)C(=O)O)C(=O)O)C3=O.CN(C)CCCN1c2ccccc2Sc2ccc(Cl)cc21. The second-order valence-electron chi connectivity index (χ2n) is 20.0. The zero-order valence-electron chi connectivity index (χ0n) is 40.9. The summed E-state index contributed by atoms with van der Waals surface area (Å²) < 4.78 is 20.2. The second-order valence-corrected chi connectivity index (χ2v) is 21.5. The van der Waals surface area contributed by atoms with Gasteiger partial charge in [0.15, 0.2) is 11.4 Å². The van der Waals surface area contributed by atoms with Gasteiger partial charge in [-0.05, 0) is 157 Å². The number of carboxylic acid groups (broad SMARTS) is 2. The van der Waals surface area contributed by atoms with Gasteiger partial charge in [-0.25, -0.2) is 9.59 Å². The highest BCUT2D eigenvalue weighted by Gasteiger charge is 2.77. The maximum absolute atomic E-state index is 14.7. The predicted octanol–water partition coefficient (Wildman–Crippen LogP) is 12.4. The molecule has 4 atom stereocenters. The largest absolute Gasteiger partial charge is 0.506 e. The van der Waals surface area contributed by atoms with Crippen LogP contribution in [0.15, 0.2) is 105 Å². The molecule has 3 aromatic rings. The van der Waals surface area contributed by atoms with Crippen molar-refractivity contribution in [2.45, 2.75) is 133 Å². The molecule has 1 saturated heterocycles. The Labute approximate surface area is 410 Å². The van der Waals surface area contributed by atoms with Gasteiger partial charge in [0.2, 0.25) is 5.60 Å². The van der Waals surface area contributed by atoms with Crippen LogP contribution in [0.3, 0.4) is 0 Å². The van der Waals surface area contributed by atoms with Gasteiger partial charge >= 0.3 is 11.9 Å². The Bertz CT molecular complexity index is 2670. The van der Waals surface area contributed by atoms with Crippen molar-refractivity contribution >= 4 is 58.5 Å². The van der Waals surface area contributed by atoms with E-state index in [0.717, 1.165) is 36.5 Å². The number of hydrogen-bond donors (Lipinski definition) is 3. The first-order valence-corrected chi connectivity index (χ1v) is 24.6. The molecule has 3 N–H and O–H groups in total. The molecule has 4 aliphatic heterocycles. The predicted molar refractivity (Wildman–Crippen MR) is 270 cm³/mol. The highest BCUT2D eigenvalue weighted by Crippen LogP contribution is 2.64. The first-order valence-electron chi connectivity index (χ1n) is 23.4. The molecule has 68 heavy (non-hydrogen) atoms. The van der Waals surface area contributed by atoms with Crippen molar-refractivity contribution in [2.24, 2.45) is 5.92 Å². The van der Waals surface area contributed by atoms with Crippen molar-refractivity contribution in [1.29, 1.82) is 0 Å². The number of allylic oxidation sites excluding steroid dienone is 5. The van der Waals surface area contributed by atoms with Crippen LogP contribution < -0.4 is 14.4 Å². The van der Waals surface area contributed by atoms with Crippen molar-refractivity contribution in [1.82, 2.24) is 4.90 Å². The van der Waals surface area contributed by atoms with Gasteiger partial charge < -0.3 is 39.3 Å². The van der Waals surface area contributed by atoms with E-state index in [1.807, 2.05) is 64.6 Å². The van der Waals surface area contributed by atoms with E-state index in [-0.39, 0.29) is 34.6 Å². The molecule has 0 radical (unpaired) electrons. The van der Waals surface area contributed by atoms with E-state index in [1.165, 1.54) is 39.7 Å². The number of aliphatic carboxylic acids is 2. The lowest BCUT2D eigenvalue weighted by Crippen LogP contribution is -2.66. The average molecular weight is 966 g/mol. The molecule has 1 fully saturated rings. The molecule has 0 amide bonds. The topological polar surface area (TPSA) is 146 Å². The fourth-order valence-electron chi connectivity index (χ4n) is 10.3. The van der Waals surface area contributed by atoms with Crippen molar-refractivity contribution in [3.05, 3.63) is 117 Å². The molecule has 3 aromatic carbocycles. The standard InChI is InChI=1S/C38H46O9.C17H19ClN2S/c1-21(2)11-10-18-36(8)19-17-24-29(39)28-30(40)26-12-9-13-27-35(6,7)47-37(34(43)44,20-16-23(5)33(41)42)38(26,27)46-32(28)25(31(24)45-36)15-14-22(3)4;1-19(2)10-5-11-20-14-6-3-4-7-16(14)21-17-9-8-13(18)12-15(17)20/h11-12,14,16-17,19,27,39H,9-10,13,15,18,20H2,1-8H3,(H,41,42)(H,43,44);3-4,6-9,12H,5,10-11H2,1-2H3. The lowest BCUT2D eigenvalue weighted by atomic mass is 9.60. The molecule has 5 aliphatic rings. The number of para-hydroxylation sites is 1. The van der Waals surface area contributed by atoms with Crippen LogP contribution >= 0.6 is 23.4 Å². The van der Waals surface area contributed by atoms with Gasteiger partial charge in [-0.15, -0.1) is 0 Å². The molecule has 1 aliphatic carbocycles. The Balaban J connectivity index is 0.000000270. The number of carbonyl (C=O) groups excluding carboxylic acids is 1. The number of aromatic hydroxyl groups is 1. The minimum Gasteiger partial charge on any atom is -0.506 e. The average Bonchev–Trinajstić information content (AvgIpc) is 3.47. The van der Waals surface area contributed by atoms with E-state index in [2.05, 4.69) is 66.4 Å². The van der Waals surface area contributed by atoms with E-state index in [1.54, 1.807) is 26.0 Å². The number of benzene rings is 3. The molecule has 11 nitrogen and oxygen atoms in total. The lowest BCUT2D eigenvalue weighted by molar-refractivity contribution is -0.184. The number of carbonyl (C=O) groups is 3. The monoisotopic (exact) mass is 964 g/mol. The van der Waals surface area contributed by atoms with Crippen LogP contribution in [0.2, 0.25) is 5.02 Å². The van der Waals surface area contributed by atoms with Crippen LogP contribution in [0.4, 0.5) is 11.4 Å². The first-order chi connectivity index (χ1) is 32.1. The molecule has 13 heteroatoms. The van der Waals surface area contributed by atoms with Crippen molar-refractivity contribution in [2.75, 3.05) is 32.1 Å². The van der Waals surface area contributed by atoms with E-state index >= 15 is 0 Å². The van der Waals surface area contributed by atoms with E-state index in [9.17, 15) is 29.7 Å². The second kappa shape index (κ2) is 19.6. The summed E-state index contributed by atoms with van der Waals surface area (Å²) >= 11 is 8.03. The van der Waals surface area contributed by atoms with E-state index in [0.29, 0.717) is 42.6 Å². The van der Waals surface area contributed by atoms with Crippen molar-refractivity contribution < 1.29 is 43.9 Å². The summed E-state index contributed by atoms with van der Waals surface area (Å²) in [5, 5.41) is 33.2. The Hall–Kier alpha value is -5.27. The molecule has 4 heterocycles. The summed E-state index contributed by atoms with van der Waals surface area (Å²) in [5.41, 5.74) is -0.154. The Morgan fingerprint density at radius 2 is 1.65 bits per heavy atom. The van der Waals surface area contributed by atoms with Gasteiger partial charge in [0, 0.05) is 50.4 Å². The Morgan fingerprint density at radius 3 is 2.32 bits per heavy atom. The summed E-state index contributed by atoms with van der Waals surface area (Å²) in [4.78, 5) is 47.3. The highest BCUT2D eigenvalue weighted by molar-refractivity contribution is 7.99. The summed E-state index contributed by atoms with van der Waals surface area (Å²) in [6.45, 7) is 17.0. The highest BCUT2D eigenvalue weighted by atomic mass is 35.5. The quantitative estimate of drug-likeness (QED) is 0.111. The van der Waals surface area contributed by atoms with Gasteiger partial charge in [0.1, 0.15) is 28.4 Å². The molecule has 0 bridgehead atoms. The fraction of sp³-hybridized carbons (Fsp3) is 0.436. The third kappa shape index (κ3) is 9.41. The summed E-state index contributed by atoms with van der Waals surface area (Å²) in [5.74, 6) is -3.53. The van der Waals surface area contributed by atoms with E-state index in [4.69, 9.17) is 25.8 Å². The molecule has 4 unspecified atom stereocenters. The minimum atomic E-state index is -2.16. The fourth-order valence-corrected chi connectivity index (χ4v) is 11.5. The van der Waals surface area contributed by atoms with E-state index < -0.39 is 46.0 Å². The summed E-state index contributed by atoms with van der Waals surface area (Å²) in [6.07, 6.45) is 14.2. The van der Waals surface area contributed by atoms with Gasteiger partial charge in [0.05, 0.1) is 22.5 Å². The van der Waals surface area contributed by atoms with Crippen LogP contribution in [0.5, 0.6) is 17.2 Å². The van der Waals surface area contributed by atoms with Gasteiger partial charge in [0.25, 0.3) is 0 Å². The Kier molecular flexibility index (Phi) is 14.6. The van der Waals surface area contributed by atoms with Crippen molar-refractivity contribution in [3.8, 4) is 17.2 Å². The van der Waals surface area contributed by atoms with Crippen molar-refractivity contribution in [3.63, 3.8) is 0 Å².